The zero-order valence-electron chi connectivity index (χ0n) is 11.5. The minimum absolute atomic E-state index is 0.132. The van der Waals surface area contributed by atoms with Crippen molar-refractivity contribution in [3.8, 4) is 0 Å². The van der Waals surface area contributed by atoms with Crippen LogP contribution in [0.15, 0.2) is 36.5 Å². The van der Waals surface area contributed by atoms with E-state index >= 15 is 0 Å². The third-order valence-corrected chi connectivity index (χ3v) is 4.34. The van der Waals surface area contributed by atoms with Crippen LogP contribution in [-0.2, 0) is 6.42 Å². The molecule has 0 saturated carbocycles. The Morgan fingerprint density at radius 1 is 1.20 bits per heavy atom. The van der Waals surface area contributed by atoms with Gasteiger partial charge in [0.2, 0.25) is 0 Å². The van der Waals surface area contributed by atoms with Gasteiger partial charge in [0.15, 0.2) is 0 Å². The Morgan fingerprint density at radius 3 is 2.70 bits per heavy atom. The van der Waals surface area contributed by atoms with E-state index in [-0.39, 0.29) is 11.5 Å². The molecular formula is C16H16Cl2N2. The van der Waals surface area contributed by atoms with E-state index in [0.717, 1.165) is 17.1 Å². The van der Waals surface area contributed by atoms with Crippen molar-refractivity contribution in [1.29, 1.82) is 0 Å². The number of benzene rings is 1. The number of anilines is 1. The number of hydrogen-bond acceptors (Lipinski definition) is 2. The molecule has 104 valence electrons. The lowest BCUT2D eigenvalue weighted by Gasteiger charge is -2.29. The number of pyridine rings is 1. The number of rotatable bonds is 2. The summed E-state index contributed by atoms with van der Waals surface area (Å²) in [7, 11) is 0. The number of nitrogens with one attached hydrogen (secondary N) is 1. The van der Waals surface area contributed by atoms with Gasteiger partial charge in [-0.2, -0.15) is 0 Å². The highest BCUT2D eigenvalue weighted by atomic mass is 35.5. The van der Waals surface area contributed by atoms with Gasteiger partial charge in [-0.15, -0.1) is 0 Å². The maximum absolute atomic E-state index is 6.15. The van der Waals surface area contributed by atoms with Crippen molar-refractivity contribution in [2.75, 3.05) is 5.32 Å². The Morgan fingerprint density at radius 2 is 2.00 bits per heavy atom. The van der Waals surface area contributed by atoms with E-state index in [0.29, 0.717) is 5.15 Å². The van der Waals surface area contributed by atoms with E-state index in [4.69, 9.17) is 23.2 Å². The summed E-state index contributed by atoms with van der Waals surface area (Å²) in [5.74, 6) is 0. The summed E-state index contributed by atoms with van der Waals surface area (Å²) in [6.07, 6.45) is 2.80. The molecule has 0 radical (unpaired) electrons. The fourth-order valence-corrected chi connectivity index (χ4v) is 3.20. The molecule has 3 rings (SSSR count). The van der Waals surface area contributed by atoms with Crippen LogP contribution in [0, 0.1) is 5.41 Å². The molecule has 1 N–H and O–H groups in total. The summed E-state index contributed by atoms with van der Waals surface area (Å²) in [5.41, 5.74) is 3.74. The maximum Gasteiger partial charge on any atom is 0.129 e. The number of hydrogen-bond donors (Lipinski definition) is 1. The van der Waals surface area contributed by atoms with Gasteiger partial charge in [0.1, 0.15) is 5.15 Å². The van der Waals surface area contributed by atoms with Crippen LogP contribution in [0.4, 0.5) is 5.69 Å². The third-order valence-electron chi connectivity index (χ3n) is 3.88. The van der Waals surface area contributed by atoms with Gasteiger partial charge in [0, 0.05) is 5.02 Å². The molecule has 0 aliphatic heterocycles. The summed E-state index contributed by atoms with van der Waals surface area (Å²) < 4.78 is 0. The fourth-order valence-electron chi connectivity index (χ4n) is 2.91. The van der Waals surface area contributed by atoms with Crippen molar-refractivity contribution in [2.24, 2.45) is 5.41 Å². The van der Waals surface area contributed by atoms with Crippen LogP contribution in [0.5, 0.6) is 0 Å². The molecule has 1 heterocycles. The first-order valence-corrected chi connectivity index (χ1v) is 7.38. The molecule has 4 heteroatoms. The fraction of sp³-hybridized carbons (Fsp3) is 0.312. The smallest absolute Gasteiger partial charge is 0.129 e. The van der Waals surface area contributed by atoms with Crippen molar-refractivity contribution in [2.45, 2.75) is 26.3 Å². The van der Waals surface area contributed by atoms with Crippen LogP contribution in [0.3, 0.4) is 0 Å². The second kappa shape index (κ2) is 4.94. The third kappa shape index (κ3) is 2.50. The monoisotopic (exact) mass is 306 g/mol. The summed E-state index contributed by atoms with van der Waals surface area (Å²) >= 11 is 12.0. The predicted octanol–water partition coefficient (Wildman–Crippen LogP) is 5.12. The summed E-state index contributed by atoms with van der Waals surface area (Å²) in [6, 6.07) is 10.1. The number of aromatic nitrogens is 1. The standard InChI is InChI=1S/C16H16Cl2N2/c1-16(2)8-10-3-4-11(17)7-13(10)15(16)20-12-5-6-14(18)19-9-12/h3-7,9,15,20H,8H2,1-2H3. The zero-order chi connectivity index (χ0) is 14.3. The highest BCUT2D eigenvalue weighted by Gasteiger charge is 2.39. The Hall–Kier alpha value is -1.25. The first kappa shape index (κ1) is 13.7. The van der Waals surface area contributed by atoms with Gasteiger partial charge in [-0.1, -0.05) is 43.1 Å². The van der Waals surface area contributed by atoms with Crippen LogP contribution in [0.1, 0.15) is 31.0 Å². The van der Waals surface area contributed by atoms with Crippen molar-refractivity contribution >= 4 is 28.9 Å². The molecule has 1 aliphatic rings. The lowest BCUT2D eigenvalue weighted by atomic mass is 9.85. The van der Waals surface area contributed by atoms with Gasteiger partial charge < -0.3 is 5.32 Å². The summed E-state index contributed by atoms with van der Waals surface area (Å²) in [4.78, 5) is 4.12. The number of nitrogens with zero attached hydrogens (tertiary/aromatic N) is 1. The van der Waals surface area contributed by atoms with Crippen molar-refractivity contribution in [3.63, 3.8) is 0 Å². The molecule has 0 bridgehead atoms. The van der Waals surface area contributed by atoms with Crippen LogP contribution < -0.4 is 5.32 Å². The van der Waals surface area contributed by atoms with Crippen molar-refractivity contribution in [3.05, 3.63) is 57.8 Å². The van der Waals surface area contributed by atoms with Gasteiger partial charge in [0.25, 0.3) is 0 Å². The van der Waals surface area contributed by atoms with Gasteiger partial charge in [-0.25, -0.2) is 4.98 Å². The number of fused-ring (bicyclic) bond motifs is 1. The molecule has 1 aromatic heterocycles. The molecule has 1 aliphatic carbocycles. The van der Waals surface area contributed by atoms with E-state index in [1.165, 1.54) is 11.1 Å². The predicted molar refractivity (Wildman–Crippen MR) is 84.5 cm³/mol. The molecule has 2 nitrogen and oxygen atoms in total. The second-order valence-electron chi connectivity index (χ2n) is 5.96. The Kier molecular flexibility index (Phi) is 3.39. The number of halogens is 2. The average molecular weight is 307 g/mol. The molecular weight excluding hydrogens is 291 g/mol. The molecule has 1 unspecified atom stereocenters. The molecule has 0 saturated heterocycles. The molecule has 0 spiro atoms. The molecule has 20 heavy (non-hydrogen) atoms. The topological polar surface area (TPSA) is 24.9 Å². The lowest BCUT2D eigenvalue weighted by Crippen LogP contribution is -2.24. The second-order valence-corrected chi connectivity index (χ2v) is 6.78. The van der Waals surface area contributed by atoms with Crippen LogP contribution in [-0.4, -0.2) is 4.98 Å². The van der Waals surface area contributed by atoms with E-state index in [2.05, 4.69) is 36.3 Å². The van der Waals surface area contributed by atoms with E-state index < -0.39 is 0 Å². The zero-order valence-corrected chi connectivity index (χ0v) is 13.0. The minimum atomic E-state index is 0.132. The largest absolute Gasteiger partial charge is 0.376 e. The van der Waals surface area contributed by atoms with Crippen LogP contribution in [0.2, 0.25) is 10.2 Å². The van der Waals surface area contributed by atoms with Gasteiger partial charge in [-0.05, 0) is 47.2 Å². The Balaban J connectivity index is 1.95. The van der Waals surface area contributed by atoms with Crippen LogP contribution >= 0.6 is 23.2 Å². The molecule has 0 fully saturated rings. The van der Waals surface area contributed by atoms with Crippen molar-refractivity contribution < 1.29 is 0 Å². The Bertz CT molecular complexity index is 635. The first-order valence-electron chi connectivity index (χ1n) is 6.62. The van der Waals surface area contributed by atoms with Gasteiger partial charge >= 0.3 is 0 Å². The quantitative estimate of drug-likeness (QED) is 0.779. The molecule has 1 atom stereocenters. The summed E-state index contributed by atoms with van der Waals surface area (Å²) in [5, 5.41) is 4.85. The average Bonchev–Trinajstić information content (AvgIpc) is 2.63. The highest BCUT2D eigenvalue weighted by molar-refractivity contribution is 6.30. The minimum Gasteiger partial charge on any atom is -0.376 e. The highest BCUT2D eigenvalue weighted by Crippen LogP contribution is 2.47. The molecule has 0 amide bonds. The van der Waals surface area contributed by atoms with Crippen molar-refractivity contribution in [1.82, 2.24) is 4.98 Å². The Labute approximate surface area is 129 Å². The van der Waals surface area contributed by atoms with E-state index in [1.807, 2.05) is 12.1 Å². The van der Waals surface area contributed by atoms with E-state index in [1.54, 1.807) is 12.3 Å². The maximum atomic E-state index is 6.15. The first-order chi connectivity index (χ1) is 9.45. The van der Waals surface area contributed by atoms with E-state index in [9.17, 15) is 0 Å². The summed E-state index contributed by atoms with van der Waals surface area (Å²) in [6.45, 7) is 4.53. The molecule has 2 aromatic rings. The van der Waals surface area contributed by atoms with Gasteiger partial charge in [-0.3, -0.25) is 0 Å². The SMILES string of the molecule is CC1(C)Cc2ccc(Cl)cc2C1Nc1ccc(Cl)nc1. The lowest BCUT2D eigenvalue weighted by molar-refractivity contribution is 0.337. The van der Waals surface area contributed by atoms with Crippen LogP contribution in [0.25, 0.3) is 0 Å². The normalized spacial score (nSPS) is 19.7. The molecule has 1 aromatic carbocycles. The van der Waals surface area contributed by atoms with Gasteiger partial charge in [0.05, 0.1) is 17.9 Å².